The fraction of sp³-hybridized carbons (Fsp3) is 0.812. The molecular weight excluding hydrogens is 353 g/mol. The van der Waals surface area contributed by atoms with Gasteiger partial charge in [-0.3, -0.25) is 4.79 Å². The third-order valence-electron chi connectivity index (χ3n) is 4.81. The van der Waals surface area contributed by atoms with Crippen molar-refractivity contribution in [2.45, 2.75) is 85.0 Å². The molecule has 3 nitrogen and oxygen atoms in total. The quantitative estimate of drug-likeness (QED) is 0.359. The van der Waals surface area contributed by atoms with E-state index in [-0.39, 0.29) is 5.78 Å². The molecule has 0 aliphatic heterocycles. The summed E-state index contributed by atoms with van der Waals surface area (Å²) in [5, 5.41) is 10.4. The summed E-state index contributed by atoms with van der Waals surface area (Å²) in [6.45, 7) is 24.4. The molecule has 0 aliphatic carbocycles. The van der Waals surface area contributed by atoms with Gasteiger partial charge in [0.25, 0.3) is 0 Å². The summed E-state index contributed by atoms with van der Waals surface area (Å²) in [4.78, 5) is 12.5. The van der Waals surface area contributed by atoms with Crippen molar-refractivity contribution >= 4 is 35.4 Å². The van der Waals surface area contributed by atoms with Crippen molar-refractivity contribution in [3.8, 4) is 0 Å². The van der Waals surface area contributed by atoms with E-state index in [2.05, 4.69) is 59.0 Å². The highest BCUT2D eigenvalue weighted by Crippen LogP contribution is 2.41. The molecule has 23 heavy (non-hydrogen) atoms. The number of Topliss-reactive ketones (excluding diaryl/α,β-unsaturated/α-hetero) is 1. The smallest absolute Gasteiger partial charge is 0.162 e. The minimum absolute atomic E-state index is 0.185. The number of hydrogen-bond donors (Lipinski definition) is 1. The minimum atomic E-state index is -2.21. The van der Waals surface area contributed by atoms with Crippen LogP contribution in [0, 0.1) is 0 Å². The number of carbonyl (C=O) groups is 1. The number of allylic oxidation sites excluding steroid dienone is 1. The van der Waals surface area contributed by atoms with Crippen LogP contribution in [0.3, 0.4) is 0 Å². The van der Waals surface area contributed by atoms with Gasteiger partial charge in [-0.05, 0) is 18.9 Å². The molecule has 1 atom stereocenters. The SMILES string of the molecule is C=C(C)C(=O)C[Si](C)(C)[Si](OC(O)CC)([Si](C)(C)C)[Si](C)(C)C. The lowest BCUT2D eigenvalue weighted by Crippen LogP contribution is -2.85. The molecule has 0 aromatic rings. The first-order chi connectivity index (χ1) is 10.0. The molecule has 7 heteroatoms. The lowest BCUT2D eigenvalue weighted by Gasteiger charge is -2.57. The number of rotatable bonds is 9. The van der Waals surface area contributed by atoms with Crippen LogP contribution < -0.4 is 0 Å². The van der Waals surface area contributed by atoms with Gasteiger partial charge in [-0.25, -0.2) is 0 Å². The molecule has 0 fully saturated rings. The Bertz CT molecular complexity index is 433. The van der Waals surface area contributed by atoms with Crippen molar-refractivity contribution in [2.75, 3.05) is 0 Å². The van der Waals surface area contributed by atoms with E-state index in [1.165, 1.54) is 0 Å². The summed E-state index contributed by atoms with van der Waals surface area (Å²) in [6.07, 6.45) is -0.0744. The highest BCUT2D eigenvalue weighted by molar-refractivity contribution is 7.87. The van der Waals surface area contributed by atoms with Gasteiger partial charge in [0.2, 0.25) is 0 Å². The molecule has 1 N–H and O–H groups in total. The molecule has 0 spiro atoms. The maximum atomic E-state index is 12.5. The van der Waals surface area contributed by atoms with Crippen LogP contribution in [0.15, 0.2) is 12.2 Å². The second kappa shape index (κ2) is 7.61. The van der Waals surface area contributed by atoms with E-state index in [4.69, 9.17) is 4.43 Å². The summed E-state index contributed by atoms with van der Waals surface area (Å²) in [5.74, 6) is 0.185. The normalized spacial score (nSPS) is 15.4. The molecule has 0 aliphatic rings. The van der Waals surface area contributed by atoms with E-state index in [0.29, 0.717) is 18.0 Å². The zero-order chi connectivity index (χ0) is 18.9. The zero-order valence-electron chi connectivity index (χ0n) is 17.0. The number of ketones is 1. The van der Waals surface area contributed by atoms with Crippen molar-refractivity contribution in [3.05, 3.63) is 12.2 Å². The fourth-order valence-electron chi connectivity index (χ4n) is 4.63. The van der Waals surface area contributed by atoms with E-state index in [1.807, 2.05) is 6.92 Å². The molecule has 0 bridgehead atoms. The standard InChI is InChI=1S/C16H38O3Si4/c1-12-16(18)19-23(20(4,5)6,21(7,8)9)22(10,11)13-15(17)14(2)3/h16,18H,2,12-13H2,1,3-11H3. The highest BCUT2D eigenvalue weighted by Gasteiger charge is 2.66. The zero-order valence-corrected chi connectivity index (χ0v) is 21.0. The third-order valence-corrected chi connectivity index (χ3v) is 71.9. The van der Waals surface area contributed by atoms with Crippen LogP contribution in [0.1, 0.15) is 20.3 Å². The molecule has 0 rings (SSSR count). The summed E-state index contributed by atoms with van der Waals surface area (Å²) >= 11 is 0. The fourth-order valence-corrected chi connectivity index (χ4v) is 96.7. The van der Waals surface area contributed by atoms with Crippen molar-refractivity contribution in [3.63, 3.8) is 0 Å². The van der Waals surface area contributed by atoms with Crippen LogP contribution in [0.5, 0.6) is 0 Å². The predicted octanol–water partition coefficient (Wildman–Crippen LogP) is 4.44. The van der Waals surface area contributed by atoms with Crippen molar-refractivity contribution in [1.29, 1.82) is 0 Å². The van der Waals surface area contributed by atoms with Gasteiger partial charge in [-0.2, -0.15) is 0 Å². The molecule has 0 saturated carbocycles. The van der Waals surface area contributed by atoms with Gasteiger partial charge in [0.15, 0.2) is 12.7 Å². The van der Waals surface area contributed by atoms with Gasteiger partial charge < -0.3 is 9.53 Å². The second-order valence-corrected chi connectivity index (χ2v) is 48.0. The van der Waals surface area contributed by atoms with E-state index in [9.17, 15) is 9.90 Å². The van der Waals surface area contributed by atoms with Gasteiger partial charge in [-0.15, -0.1) is 0 Å². The van der Waals surface area contributed by atoms with Crippen molar-refractivity contribution in [2.24, 2.45) is 0 Å². The first-order valence-corrected chi connectivity index (χ1v) is 23.7. The average Bonchev–Trinajstić information content (AvgIpc) is 2.31. The monoisotopic (exact) mass is 390 g/mol. The Morgan fingerprint density at radius 1 is 1.04 bits per heavy atom. The molecule has 136 valence electrons. The Kier molecular flexibility index (Phi) is 7.68. The average molecular weight is 391 g/mol. The van der Waals surface area contributed by atoms with Gasteiger partial charge in [0.05, 0.1) is 22.8 Å². The van der Waals surface area contributed by atoms with Gasteiger partial charge >= 0.3 is 0 Å². The van der Waals surface area contributed by atoms with E-state index >= 15 is 0 Å². The molecule has 0 radical (unpaired) electrons. The Morgan fingerprint density at radius 3 is 1.70 bits per heavy atom. The highest BCUT2D eigenvalue weighted by atomic mass is 29.9. The topological polar surface area (TPSA) is 46.5 Å². The van der Waals surface area contributed by atoms with Crippen LogP contribution >= 0.6 is 0 Å². The lowest BCUT2D eigenvalue weighted by atomic mass is 10.2. The number of carbonyl (C=O) groups excluding carboxylic acids is 1. The minimum Gasteiger partial charge on any atom is -0.402 e. The van der Waals surface area contributed by atoms with E-state index in [1.54, 1.807) is 6.92 Å². The summed E-state index contributed by atoms with van der Waals surface area (Å²) in [6, 6.07) is 0.611. The van der Waals surface area contributed by atoms with Crippen LogP contribution in [0.2, 0.25) is 58.4 Å². The summed E-state index contributed by atoms with van der Waals surface area (Å²) in [7, 11) is -5.37. The van der Waals surface area contributed by atoms with Gasteiger partial charge in [0.1, 0.15) is 6.29 Å². The Hall–Kier alpha value is 0.198. The molecule has 0 aromatic carbocycles. The largest absolute Gasteiger partial charge is 0.402 e. The van der Waals surface area contributed by atoms with Crippen LogP contribution in [-0.4, -0.2) is 46.8 Å². The summed E-state index contributed by atoms with van der Waals surface area (Å²) < 4.78 is 6.66. The van der Waals surface area contributed by atoms with Crippen LogP contribution in [0.25, 0.3) is 0 Å². The van der Waals surface area contributed by atoms with E-state index in [0.717, 1.165) is 0 Å². The van der Waals surface area contributed by atoms with Crippen LogP contribution in [-0.2, 0) is 9.22 Å². The van der Waals surface area contributed by atoms with Crippen molar-refractivity contribution in [1.82, 2.24) is 0 Å². The van der Waals surface area contributed by atoms with Crippen molar-refractivity contribution < 1.29 is 14.3 Å². The molecule has 1 unspecified atom stereocenters. The molecular formula is C16H38O3Si4. The first kappa shape index (κ1) is 23.2. The number of aliphatic hydroxyl groups is 1. The third kappa shape index (κ3) is 4.85. The van der Waals surface area contributed by atoms with Gasteiger partial charge in [0, 0.05) is 6.04 Å². The maximum Gasteiger partial charge on any atom is 0.162 e. The van der Waals surface area contributed by atoms with Gasteiger partial charge in [-0.1, -0.05) is 65.9 Å². The predicted molar refractivity (Wildman–Crippen MR) is 112 cm³/mol. The Morgan fingerprint density at radius 2 is 1.43 bits per heavy atom. The van der Waals surface area contributed by atoms with E-state index < -0.39 is 35.9 Å². The molecule has 0 amide bonds. The lowest BCUT2D eigenvalue weighted by molar-refractivity contribution is -0.113. The summed E-state index contributed by atoms with van der Waals surface area (Å²) in [5.41, 5.74) is 0.649. The maximum absolute atomic E-state index is 12.5. The van der Waals surface area contributed by atoms with Crippen LogP contribution in [0.4, 0.5) is 0 Å². The Labute approximate surface area is 147 Å². The molecule has 0 saturated heterocycles. The number of hydrogen-bond acceptors (Lipinski definition) is 3. The first-order valence-electron chi connectivity index (χ1n) is 8.58. The molecule has 0 heterocycles. The number of aliphatic hydroxyl groups excluding tert-OH is 1. The molecule has 0 aromatic heterocycles. The second-order valence-electron chi connectivity index (χ2n) is 9.43. The Balaban J connectivity index is 6.30.